The van der Waals surface area contributed by atoms with Crippen LogP contribution in [0, 0.1) is 5.82 Å². The molecular formula is C12H15FO2. The lowest BCUT2D eigenvalue weighted by Crippen LogP contribution is -2.09. The van der Waals surface area contributed by atoms with E-state index in [-0.39, 0.29) is 11.9 Å². The van der Waals surface area contributed by atoms with Gasteiger partial charge in [-0.05, 0) is 26.0 Å². The molecule has 0 fully saturated rings. The summed E-state index contributed by atoms with van der Waals surface area (Å²) < 4.78 is 18.4. The molecule has 0 aliphatic heterocycles. The number of hydrogen-bond donors (Lipinski definition) is 1. The average molecular weight is 210 g/mol. The van der Waals surface area contributed by atoms with Crippen LogP contribution in [0.4, 0.5) is 4.39 Å². The Hall–Kier alpha value is -1.35. The molecule has 0 saturated heterocycles. The monoisotopic (exact) mass is 210 g/mol. The van der Waals surface area contributed by atoms with Crippen molar-refractivity contribution in [1.82, 2.24) is 0 Å². The second-order valence-electron chi connectivity index (χ2n) is 3.53. The summed E-state index contributed by atoms with van der Waals surface area (Å²) in [5.41, 5.74) is 0.528. The van der Waals surface area contributed by atoms with Crippen LogP contribution in [-0.2, 0) is 0 Å². The highest BCUT2D eigenvalue weighted by Gasteiger charge is 2.12. The van der Waals surface area contributed by atoms with Crippen LogP contribution >= 0.6 is 0 Å². The van der Waals surface area contributed by atoms with E-state index in [1.54, 1.807) is 0 Å². The lowest BCUT2D eigenvalue weighted by Gasteiger charge is -2.16. The molecule has 0 aromatic heterocycles. The van der Waals surface area contributed by atoms with Crippen LogP contribution in [0.5, 0.6) is 5.75 Å². The number of rotatable bonds is 4. The van der Waals surface area contributed by atoms with Crippen LogP contribution in [0.15, 0.2) is 30.9 Å². The molecule has 15 heavy (non-hydrogen) atoms. The van der Waals surface area contributed by atoms with Gasteiger partial charge in [0.25, 0.3) is 0 Å². The standard InChI is InChI=1S/C12H15FO2/c1-4-11(14)10-6-5-9(13)7-12(10)15-8(2)3/h4-8,11,14H,1H2,2-3H3. The van der Waals surface area contributed by atoms with Crippen molar-refractivity contribution in [3.05, 3.63) is 42.2 Å². The predicted octanol–water partition coefficient (Wildman–Crippen LogP) is 2.83. The van der Waals surface area contributed by atoms with Crippen LogP contribution in [0.1, 0.15) is 25.5 Å². The highest BCUT2D eigenvalue weighted by atomic mass is 19.1. The number of halogens is 1. The van der Waals surface area contributed by atoms with Gasteiger partial charge in [0.05, 0.1) is 6.10 Å². The maximum absolute atomic E-state index is 13.0. The molecule has 1 atom stereocenters. The van der Waals surface area contributed by atoms with Gasteiger partial charge in [-0.2, -0.15) is 0 Å². The van der Waals surface area contributed by atoms with Gasteiger partial charge in [-0.25, -0.2) is 4.39 Å². The fourth-order valence-electron chi connectivity index (χ4n) is 1.24. The Labute approximate surface area is 89.0 Å². The summed E-state index contributed by atoms with van der Waals surface area (Å²) in [6.45, 7) is 7.16. The molecule has 0 amide bonds. The third-order valence-electron chi connectivity index (χ3n) is 1.88. The van der Waals surface area contributed by atoms with Crippen molar-refractivity contribution in [2.45, 2.75) is 26.1 Å². The SMILES string of the molecule is C=CC(O)c1ccc(F)cc1OC(C)C. The van der Waals surface area contributed by atoms with E-state index in [1.807, 2.05) is 13.8 Å². The normalized spacial score (nSPS) is 12.6. The fourth-order valence-corrected chi connectivity index (χ4v) is 1.24. The van der Waals surface area contributed by atoms with E-state index in [9.17, 15) is 9.50 Å². The summed E-state index contributed by atoms with van der Waals surface area (Å²) in [5.74, 6) is -0.0249. The van der Waals surface area contributed by atoms with Crippen molar-refractivity contribution < 1.29 is 14.2 Å². The maximum Gasteiger partial charge on any atom is 0.128 e. The second kappa shape index (κ2) is 4.94. The van der Waals surface area contributed by atoms with Crippen molar-refractivity contribution in [2.75, 3.05) is 0 Å². The van der Waals surface area contributed by atoms with Crippen molar-refractivity contribution in [2.24, 2.45) is 0 Å². The van der Waals surface area contributed by atoms with Gasteiger partial charge in [-0.1, -0.05) is 6.08 Å². The fraction of sp³-hybridized carbons (Fsp3) is 0.333. The van der Waals surface area contributed by atoms with E-state index in [2.05, 4.69) is 6.58 Å². The molecule has 1 unspecified atom stereocenters. The minimum absolute atomic E-state index is 0.0671. The van der Waals surface area contributed by atoms with Crippen molar-refractivity contribution in [1.29, 1.82) is 0 Å². The molecule has 0 spiro atoms. The first kappa shape index (κ1) is 11.7. The molecule has 0 aliphatic rings. The summed E-state index contributed by atoms with van der Waals surface area (Å²) in [7, 11) is 0. The van der Waals surface area contributed by atoms with Crippen molar-refractivity contribution in [3.8, 4) is 5.75 Å². The zero-order valence-electron chi connectivity index (χ0n) is 8.90. The maximum atomic E-state index is 13.0. The number of aliphatic hydroxyl groups excluding tert-OH is 1. The smallest absolute Gasteiger partial charge is 0.128 e. The van der Waals surface area contributed by atoms with Crippen LogP contribution in [0.25, 0.3) is 0 Å². The van der Waals surface area contributed by atoms with E-state index in [1.165, 1.54) is 24.3 Å². The first-order chi connectivity index (χ1) is 7.04. The summed E-state index contributed by atoms with van der Waals surface area (Å²) >= 11 is 0. The first-order valence-corrected chi connectivity index (χ1v) is 4.81. The summed E-state index contributed by atoms with van der Waals surface area (Å²) in [6, 6.07) is 4.05. The Balaban J connectivity index is 3.08. The lowest BCUT2D eigenvalue weighted by atomic mass is 10.1. The van der Waals surface area contributed by atoms with Gasteiger partial charge in [0.15, 0.2) is 0 Å². The molecule has 0 radical (unpaired) electrons. The summed E-state index contributed by atoms with van der Waals surface area (Å²) in [5, 5.41) is 9.59. The third kappa shape index (κ3) is 3.06. The highest BCUT2D eigenvalue weighted by molar-refractivity contribution is 5.37. The molecule has 1 N–H and O–H groups in total. The Kier molecular flexibility index (Phi) is 3.86. The van der Waals surface area contributed by atoms with Crippen LogP contribution in [0.2, 0.25) is 0 Å². The molecule has 82 valence electrons. The largest absolute Gasteiger partial charge is 0.491 e. The Morgan fingerprint density at radius 3 is 2.67 bits per heavy atom. The van der Waals surface area contributed by atoms with Gasteiger partial charge < -0.3 is 9.84 Å². The summed E-state index contributed by atoms with van der Waals surface area (Å²) in [6.07, 6.45) is 0.474. The van der Waals surface area contributed by atoms with E-state index < -0.39 is 6.10 Å². The Morgan fingerprint density at radius 1 is 1.47 bits per heavy atom. The van der Waals surface area contributed by atoms with Gasteiger partial charge in [-0.15, -0.1) is 6.58 Å². The minimum atomic E-state index is -0.834. The van der Waals surface area contributed by atoms with E-state index in [0.717, 1.165) is 0 Å². The lowest BCUT2D eigenvalue weighted by molar-refractivity contribution is 0.203. The number of aliphatic hydroxyl groups is 1. The van der Waals surface area contributed by atoms with Gasteiger partial charge >= 0.3 is 0 Å². The quantitative estimate of drug-likeness (QED) is 0.774. The van der Waals surface area contributed by atoms with Crippen molar-refractivity contribution in [3.63, 3.8) is 0 Å². The zero-order valence-corrected chi connectivity index (χ0v) is 8.90. The van der Waals surface area contributed by atoms with Gasteiger partial charge in [-0.3, -0.25) is 0 Å². The molecule has 2 nitrogen and oxygen atoms in total. The molecule has 1 aromatic rings. The van der Waals surface area contributed by atoms with Crippen LogP contribution in [-0.4, -0.2) is 11.2 Å². The van der Waals surface area contributed by atoms with Crippen LogP contribution in [0.3, 0.4) is 0 Å². The first-order valence-electron chi connectivity index (χ1n) is 4.81. The van der Waals surface area contributed by atoms with Crippen LogP contribution < -0.4 is 4.74 Å². The van der Waals surface area contributed by atoms with E-state index in [0.29, 0.717) is 11.3 Å². The molecule has 0 aliphatic carbocycles. The topological polar surface area (TPSA) is 29.5 Å². The molecule has 1 rings (SSSR count). The zero-order chi connectivity index (χ0) is 11.4. The number of benzene rings is 1. The molecule has 0 saturated carbocycles. The van der Waals surface area contributed by atoms with Gasteiger partial charge in [0, 0.05) is 11.6 Å². The second-order valence-corrected chi connectivity index (χ2v) is 3.53. The Bertz CT molecular complexity index is 347. The summed E-state index contributed by atoms with van der Waals surface area (Å²) in [4.78, 5) is 0. The third-order valence-corrected chi connectivity index (χ3v) is 1.88. The average Bonchev–Trinajstić information content (AvgIpc) is 2.16. The molecule has 3 heteroatoms. The van der Waals surface area contributed by atoms with Crippen molar-refractivity contribution >= 4 is 0 Å². The molecule has 1 aromatic carbocycles. The highest BCUT2D eigenvalue weighted by Crippen LogP contribution is 2.27. The number of hydrogen-bond acceptors (Lipinski definition) is 2. The molecular weight excluding hydrogens is 195 g/mol. The van der Waals surface area contributed by atoms with Gasteiger partial charge in [0.2, 0.25) is 0 Å². The van der Waals surface area contributed by atoms with Gasteiger partial charge in [0.1, 0.15) is 17.7 Å². The molecule has 0 bridgehead atoms. The van der Waals surface area contributed by atoms with E-state index in [4.69, 9.17) is 4.74 Å². The Morgan fingerprint density at radius 2 is 2.13 bits per heavy atom. The molecule has 0 heterocycles. The minimum Gasteiger partial charge on any atom is -0.491 e. The predicted molar refractivity (Wildman–Crippen MR) is 57.3 cm³/mol. The number of ether oxygens (including phenoxy) is 1. The van der Waals surface area contributed by atoms with E-state index >= 15 is 0 Å².